The lowest BCUT2D eigenvalue weighted by Gasteiger charge is -2.18. The smallest absolute Gasteiger partial charge is 0.472 e. The van der Waals surface area contributed by atoms with Crippen LogP contribution in [-0.2, 0) is 32.7 Å². The van der Waals surface area contributed by atoms with E-state index in [1.807, 2.05) is 0 Å². The number of allylic oxidation sites excluding steroid dienone is 10. The predicted octanol–water partition coefficient (Wildman–Crippen LogP) is 13.5. The number of ether oxygens (including phenoxy) is 1. The zero-order valence-electron chi connectivity index (χ0n) is 39.6. The van der Waals surface area contributed by atoms with Crippen molar-refractivity contribution in [1.29, 1.82) is 0 Å². The van der Waals surface area contributed by atoms with Gasteiger partial charge in [0.1, 0.15) is 12.7 Å². The van der Waals surface area contributed by atoms with E-state index in [-0.39, 0.29) is 12.8 Å². The van der Waals surface area contributed by atoms with Gasteiger partial charge in [0.25, 0.3) is 0 Å². The lowest BCUT2D eigenvalue weighted by Crippen LogP contribution is -2.43. The van der Waals surface area contributed by atoms with E-state index in [9.17, 15) is 34.1 Å². The van der Waals surface area contributed by atoms with Gasteiger partial charge in [0.05, 0.1) is 13.2 Å². The number of carbonyl (C=O) groups excluding carboxylic acids is 2. The minimum Gasteiger partial charge on any atom is -0.480 e. The fraction of sp³-hybridized carbons (Fsp3) is 0.745. The summed E-state index contributed by atoms with van der Waals surface area (Å²) in [7, 11) is -4.77. The summed E-state index contributed by atoms with van der Waals surface area (Å²) in [5, 5.41) is 21.9. The molecule has 0 aliphatic carbocycles. The van der Waals surface area contributed by atoms with E-state index in [2.05, 4.69) is 79.9 Å². The normalized spacial score (nSPS) is 14.1. The summed E-state index contributed by atoms with van der Waals surface area (Å²) in [4.78, 5) is 46.1. The lowest BCUT2D eigenvalue weighted by atomic mass is 10.0. The maximum atomic E-state index is 12.4. The predicted molar refractivity (Wildman–Crippen MR) is 258 cm³/mol. The summed E-state index contributed by atoms with van der Waals surface area (Å²) in [5.41, 5.74) is 0. The molecule has 0 saturated carbocycles. The summed E-state index contributed by atoms with van der Waals surface area (Å²) in [6.07, 6.45) is 53.8. The number of amides is 1. The third kappa shape index (κ3) is 45.5. The van der Waals surface area contributed by atoms with Gasteiger partial charge in [-0.25, -0.2) is 9.36 Å². The van der Waals surface area contributed by atoms with Crippen LogP contribution < -0.4 is 5.32 Å². The monoisotopic (exact) mass is 908 g/mol. The molecule has 3 unspecified atom stereocenters. The molecule has 364 valence electrons. The number of nitrogens with one attached hydrogen (secondary N) is 1. The number of aliphatic hydroxyl groups excluding tert-OH is 1. The van der Waals surface area contributed by atoms with Crippen LogP contribution >= 0.6 is 7.82 Å². The number of hydrogen-bond acceptors (Lipinski definition) is 8. The van der Waals surface area contributed by atoms with Crippen LogP contribution in [0, 0.1) is 0 Å². The molecule has 0 bridgehead atoms. The van der Waals surface area contributed by atoms with Crippen molar-refractivity contribution < 1.29 is 47.8 Å². The number of phosphoric acid groups is 1. The molecule has 0 fully saturated rings. The SMILES string of the molecule is CC/C=C\C/C=C\C/C=C\C/C=C\C/C=C\CCCCCCCC(=O)NC(COP(=O)(O)OCC(O)COC(=O)CCCCCCCCCCCCCCCCCCCC)C(=O)O. The van der Waals surface area contributed by atoms with Crippen LogP contribution in [0.5, 0.6) is 0 Å². The maximum absolute atomic E-state index is 12.4. The van der Waals surface area contributed by atoms with E-state index in [0.29, 0.717) is 12.8 Å². The first kappa shape index (κ1) is 60.2. The molecule has 0 spiro atoms. The van der Waals surface area contributed by atoms with Gasteiger partial charge in [0.15, 0.2) is 6.04 Å². The van der Waals surface area contributed by atoms with Gasteiger partial charge in [-0.2, -0.15) is 0 Å². The lowest BCUT2D eigenvalue weighted by molar-refractivity contribution is -0.147. The number of carbonyl (C=O) groups is 3. The molecule has 0 aliphatic rings. The third-order valence-corrected chi connectivity index (χ3v) is 11.5. The Bertz CT molecular complexity index is 1300. The highest BCUT2D eigenvalue weighted by atomic mass is 31.2. The number of carboxylic acid groups (broad SMARTS) is 1. The average molecular weight is 908 g/mol. The largest absolute Gasteiger partial charge is 0.480 e. The number of hydrogen-bond donors (Lipinski definition) is 4. The molecule has 3 atom stereocenters. The highest BCUT2D eigenvalue weighted by Crippen LogP contribution is 2.43. The van der Waals surface area contributed by atoms with E-state index in [1.54, 1.807) is 0 Å². The number of esters is 1. The van der Waals surface area contributed by atoms with Crippen molar-refractivity contribution >= 4 is 25.7 Å². The highest BCUT2D eigenvalue weighted by Gasteiger charge is 2.28. The Morgan fingerprint density at radius 3 is 1.38 bits per heavy atom. The molecule has 0 rings (SSSR count). The Labute approximate surface area is 383 Å². The second kappa shape index (κ2) is 45.7. The maximum Gasteiger partial charge on any atom is 0.472 e. The van der Waals surface area contributed by atoms with Crippen molar-refractivity contribution in [2.24, 2.45) is 0 Å². The number of unbranched alkanes of at least 4 members (excludes halogenated alkanes) is 22. The molecule has 4 N–H and O–H groups in total. The Morgan fingerprint density at radius 2 is 0.921 bits per heavy atom. The Balaban J connectivity index is 3.88. The van der Waals surface area contributed by atoms with Gasteiger partial charge in [-0.3, -0.25) is 18.6 Å². The fourth-order valence-corrected chi connectivity index (χ4v) is 7.53. The zero-order valence-corrected chi connectivity index (χ0v) is 40.5. The molecular formula is C51H90NO10P. The molecule has 12 heteroatoms. The standard InChI is InChI=1S/C51H90NO10P/c1-3-5-7-9-11-13-15-17-19-21-23-24-25-26-28-30-32-34-36-38-40-42-49(54)52-48(51(56)57)46-62-63(58,59)61-45-47(53)44-60-50(55)43-41-39-37-35-33-31-29-27-22-20-18-16-14-12-10-8-6-4-2/h5,7,11,13,17,19,23-24,26,28,47-48,53H,3-4,6,8-10,12,14-16,18,20-22,25,27,29-46H2,1-2H3,(H,52,54)(H,56,57)(H,58,59)/b7-5-,13-11-,19-17-,24-23-,28-26-. The van der Waals surface area contributed by atoms with E-state index in [1.165, 1.54) is 89.9 Å². The summed E-state index contributed by atoms with van der Waals surface area (Å²) >= 11 is 0. The Hall–Kier alpha value is -2.82. The van der Waals surface area contributed by atoms with Gasteiger partial charge in [-0.05, 0) is 57.8 Å². The van der Waals surface area contributed by atoms with E-state index in [0.717, 1.165) is 83.5 Å². The molecular weight excluding hydrogens is 818 g/mol. The topological polar surface area (TPSA) is 169 Å². The number of phosphoric ester groups is 1. The fourth-order valence-electron chi connectivity index (χ4n) is 6.75. The van der Waals surface area contributed by atoms with Crippen LogP contribution in [0.3, 0.4) is 0 Å². The Kier molecular flexibility index (Phi) is 43.7. The highest BCUT2D eigenvalue weighted by molar-refractivity contribution is 7.47. The third-order valence-electron chi connectivity index (χ3n) is 10.6. The summed E-state index contributed by atoms with van der Waals surface area (Å²) in [6.45, 7) is 2.49. The van der Waals surface area contributed by atoms with Gasteiger partial charge in [-0.15, -0.1) is 0 Å². The van der Waals surface area contributed by atoms with Crippen molar-refractivity contribution in [1.82, 2.24) is 5.32 Å². The molecule has 0 aromatic heterocycles. The van der Waals surface area contributed by atoms with Crippen LogP contribution in [0.2, 0.25) is 0 Å². The molecule has 0 heterocycles. The minimum atomic E-state index is -4.77. The van der Waals surface area contributed by atoms with E-state index in [4.69, 9.17) is 13.8 Å². The molecule has 0 radical (unpaired) electrons. The summed E-state index contributed by atoms with van der Waals surface area (Å²) in [5.74, 6) is -2.40. The van der Waals surface area contributed by atoms with E-state index < -0.39 is 57.6 Å². The van der Waals surface area contributed by atoms with Gasteiger partial charge < -0.3 is 25.2 Å². The molecule has 0 saturated heterocycles. The van der Waals surface area contributed by atoms with Crippen LogP contribution in [-0.4, -0.2) is 64.9 Å². The molecule has 11 nitrogen and oxygen atoms in total. The molecule has 0 aliphatic heterocycles. The first-order valence-electron chi connectivity index (χ1n) is 24.8. The van der Waals surface area contributed by atoms with Crippen molar-refractivity contribution in [2.75, 3.05) is 19.8 Å². The molecule has 63 heavy (non-hydrogen) atoms. The van der Waals surface area contributed by atoms with Crippen LogP contribution in [0.1, 0.15) is 213 Å². The van der Waals surface area contributed by atoms with Gasteiger partial charge in [-0.1, -0.05) is 203 Å². The summed E-state index contributed by atoms with van der Waals surface area (Å²) < 4.78 is 26.9. The zero-order chi connectivity index (χ0) is 46.3. The van der Waals surface area contributed by atoms with Crippen LogP contribution in [0.4, 0.5) is 0 Å². The first-order valence-corrected chi connectivity index (χ1v) is 26.3. The number of aliphatic hydroxyl groups is 1. The minimum absolute atomic E-state index is 0.121. The van der Waals surface area contributed by atoms with Crippen molar-refractivity contribution in [2.45, 2.75) is 225 Å². The Morgan fingerprint density at radius 1 is 0.524 bits per heavy atom. The van der Waals surface area contributed by atoms with Gasteiger partial charge in [0, 0.05) is 12.8 Å². The number of aliphatic carboxylic acids is 1. The van der Waals surface area contributed by atoms with Crippen LogP contribution in [0.25, 0.3) is 0 Å². The van der Waals surface area contributed by atoms with E-state index >= 15 is 0 Å². The average Bonchev–Trinajstić information content (AvgIpc) is 3.26. The first-order chi connectivity index (χ1) is 30.6. The summed E-state index contributed by atoms with van der Waals surface area (Å²) in [6, 6.07) is -1.56. The van der Waals surface area contributed by atoms with Crippen LogP contribution in [0.15, 0.2) is 60.8 Å². The van der Waals surface area contributed by atoms with Crippen molar-refractivity contribution in [3.63, 3.8) is 0 Å². The van der Waals surface area contributed by atoms with Gasteiger partial charge in [0.2, 0.25) is 5.91 Å². The number of rotatable bonds is 46. The van der Waals surface area contributed by atoms with Gasteiger partial charge >= 0.3 is 19.8 Å². The molecule has 0 aromatic carbocycles. The quantitative estimate of drug-likeness (QED) is 0.0200. The second-order valence-electron chi connectivity index (χ2n) is 16.6. The number of carboxylic acids is 1. The molecule has 1 amide bonds. The second-order valence-corrected chi connectivity index (χ2v) is 18.1. The van der Waals surface area contributed by atoms with Crippen molar-refractivity contribution in [3.8, 4) is 0 Å². The van der Waals surface area contributed by atoms with Crippen molar-refractivity contribution in [3.05, 3.63) is 60.8 Å². The molecule has 0 aromatic rings.